The summed E-state index contributed by atoms with van der Waals surface area (Å²) in [5.41, 5.74) is 2.93. The van der Waals surface area contributed by atoms with E-state index < -0.39 is 0 Å². The lowest BCUT2D eigenvalue weighted by Gasteiger charge is -2.02. The van der Waals surface area contributed by atoms with Gasteiger partial charge in [-0.25, -0.2) is 0 Å². The summed E-state index contributed by atoms with van der Waals surface area (Å²) in [4.78, 5) is 11.0. The van der Waals surface area contributed by atoms with Crippen LogP contribution in [0, 0.1) is 6.92 Å². The van der Waals surface area contributed by atoms with Gasteiger partial charge in [-0.2, -0.15) is 0 Å². The van der Waals surface area contributed by atoms with Gasteiger partial charge in [-0.3, -0.25) is 4.79 Å². The third-order valence-electron chi connectivity index (χ3n) is 1.66. The first kappa shape index (κ1) is 9.93. The molecule has 0 heterocycles. The maximum Gasteiger partial charge on any atom is 0.228 e. The van der Waals surface area contributed by atoms with Crippen molar-refractivity contribution in [3.05, 3.63) is 34.9 Å². The summed E-state index contributed by atoms with van der Waals surface area (Å²) in [5.74, 6) is 0. The quantitative estimate of drug-likeness (QED) is 0.603. The molecule has 0 aliphatic heterocycles. The molecule has 1 aromatic carbocycles. The van der Waals surface area contributed by atoms with Crippen LogP contribution in [0.2, 0.25) is 0 Å². The molecular formula is C9H8Br2O. The van der Waals surface area contributed by atoms with E-state index in [-0.39, 0.29) is 4.69 Å². The number of carbonyl (C=O) groups is 1. The average molecular weight is 292 g/mol. The van der Waals surface area contributed by atoms with Gasteiger partial charge in [-0.1, -0.05) is 28.1 Å². The standard InChI is InChI=1S/C9H8Br2O/c1-6-4-7(5-10)2-3-8(6)9(11)12/h2-4H,5H2,1H3. The number of hydrogen-bond acceptors (Lipinski definition) is 1. The molecule has 0 fully saturated rings. The Labute approximate surface area is 88.4 Å². The van der Waals surface area contributed by atoms with E-state index in [1.54, 1.807) is 0 Å². The highest BCUT2D eigenvalue weighted by Crippen LogP contribution is 2.15. The van der Waals surface area contributed by atoms with Crippen LogP contribution in [-0.2, 0) is 5.33 Å². The molecular weight excluding hydrogens is 284 g/mol. The van der Waals surface area contributed by atoms with Gasteiger partial charge in [0.05, 0.1) is 0 Å². The Morgan fingerprint density at radius 3 is 2.58 bits per heavy atom. The molecule has 0 aliphatic carbocycles. The second-order valence-corrected chi connectivity index (χ2v) is 3.84. The van der Waals surface area contributed by atoms with Crippen molar-refractivity contribution in [2.45, 2.75) is 12.3 Å². The van der Waals surface area contributed by atoms with Gasteiger partial charge >= 0.3 is 0 Å². The van der Waals surface area contributed by atoms with Crippen LogP contribution in [0.4, 0.5) is 0 Å². The maximum atomic E-state index is 11.0. The summed E-state index contributed by atoms with van der Waals surface area (Å²) in [7, 11) is 0. The second kappa shape index (κ2) is 4.19. The van der Waals surface area contributed by atoms with Gasteiger partial charge in [0.2, 0.25) is 4.69 Å². The summed E-state index contributed by atoms with van der Waals surface area (Å²) in [5, 5.41) is 0.824. The van der Waals surface area contributed by atoms with Crippen LogP contribution >= 0.6 is 31.9 Å². The first-order chi connectivity index (χ1) is 5.65. The number of benzene rings is 1. The van der Waals surface area contributed by atoms with Crippen molar-refractivity contribution in [3.63, 3.8) is 0 Å². The summed E-state index contributed by atoms with van der Waals surface area (Å²) >= 11 is 6.29. The zero-order valence-electron chi connectivity index (χ0n) is 6.60. The van der Waals surface area contributed by atoms with Gasteiger partial charge in [0.1, 0.15) is 0 Å². The highest BCUT2D eigenvalue weighted by Gasteiger charge is 2.04. The van der Waals surface area contributed by atoms with Crippen LogP contribution in [0.15, 0.2) is 18.2 Å². The Morgan fingerprint density at radius 1 is 1.50 bits per heavy atom. The van der Waals surface area contributed by atoms with E-state index in [9.17, 15) is 4.79 Å². The predicted octanol–water partition coefficient (Wildman–Crippen LogP) is 3.43. The van der Waals surface area contributed by atoms with E-state index in [1.807, 2.05) is 25.1 Å². The van der Waals surface area contributed by atoms with Crippen LogP contribution in [0.25, 0.3) is 0 Å². The fourth-order valence-electron chi connectivity index (χ4n) is 1.03. The lowest BCUT2D eigenvalue weighted by molar-refractivity contribution is 0.109. The Bertz CT molecular complexity index is 307. The third kappa shape index (κ3) is 2.17. The minimum atomic E-state index is -0.0545. The molecule has 0 aliphatic rings. The number of alkyl halides is 1. The van der Waals surface area contributed by atoms with Crippen LogP contribution in [0.3, 0.4) is 0 Å². The molecule has 0 saturated carbocycles. The van der Waals surface area contributed by atoms with Crippen LogP contribution < -0.4 is 0 Å². The number of aryl methyl sites for hydroxylation is 1. The molecule has 64 valence electrons. The topological polar surface area (TPSA) is 17.1 Å². The molecule has 0 N–H and O–H groups in total. The fourth-order valence-corrected chi connectivity index (χ4v) is 1.82. The van der Waals surface area contributed by atoms with Gasteiger partial charge < -0.3 is 0 Å². The Hall–Kier alpha value is -0.150. The number of rotatable bonds is 2. The van der Waals surface area contributed by atoms with Crippen LogP contribution in [0.5, 0.6) is 0 Å². The zero-order chi connectivity index (χ0) is 9.14. The normalized spacial score (nSPS) is 9.92. The van der Waals surface area contributed by atoms with Crippen molar-refractivity contribution < 1.29 is 4.79 Å². The van der Waals surface area contributed by atoms with Gasteiger partial charge in [-0.05, 0) is 40.0 Å². The summed E-state index contributed by atoms with van der Waals surface area (Å²) in [6.07, 6.45) is 0. The van der Waals surface area contributed by atoms with Gasteiger partial charge in [0.25, 0.3) is 0 Å². The smallest absolute Gasteiger partial charge is 0.228 e. The molecule has 0 saturated heterocycles. The lowest BCUT2D eigenvalue weighted by atomic mass is 10.1. The Morgan fingerprint density at radius 2 is 2.17 bits per heavy atom. The number of carbonyl (C=O) groups excluding carboxylic acids is 1. The van der Waals surface area contributed by atoms with Crippen molar-refractivity contribution >= 4 is 36.6 Å². The third-order valence-corrected chi connectivity index (χ3v) is 2.73. The zero-order valence-corrected chi connectivity index (χ0v) is 9.78. The largest absolute Gasteiger partial charge is 0.281 e. The second-order valence-electron chi connectivity index (χ2n) is 2.56. The highest BCUT2D eigenvalue weighted by molar-refractivity contribution is 9.18. The van der Waals surface area contributed by atoms with E-state index in [1.165, 1.54) is 5.56 Å². The SMILES string of the molecule is Cc1cc(CBr)ccc1C(=O)Br. The van der Waals surface area contributed by atoms with Crippen molar-refractivity contribution in [1.82, 2.24) is 0 Å². The predicted molar refractivity (Wildman–Crippen MR) is 57.1 cm³/mol. The molecule has 0 unspecified atom stereocenters. The summed E-state index contributed by atoms with van der Waals surface area (Å²) < 4.78 is -0.0545. The molecule has 0 spiro atoms. The molecule has 1 aromatic rings. The number of halogens is 2. The molecule has 0 atom stereocenters. The van der Waals surface area contributed by atoms with Crippen molar-refractivity contribution in [2.75, 3.05) is 0 Å². The van der Waals surface area contributed by atoms with Gasteiger partial charge in [-0.15, -0.1) is 0 Å². The molecule has 0 aromatic heterocycles. The van der Waals surface area contributed by atoms with Crippen LogP contribution in [0.1, 0.15) is 21.5 Å². The number of hydrogen-bond donors (Lipinski definition) is 0. The highest BCUT2D eigenvalue weighted by atomic mass is 79.9. The van der Waals surface area contributed by atoms with E-state index >= 15 is 0 Å². The van der Waals surface area contributed by atoms with Crippen molar-refractivity contribution in [2.24, 2.45) is 0 Å². The Kier molecular flexibility index (Phi) is 3.47. The minimum absolute atomic E-state index is 0.0545. The molecule has 0 bridgehead atoms. The lowest BCUT2D eigenvalue weighted by Crippen LogP contribution is -1.93. The van der Waals surface area contributed by atoms with Crippen LogP contribution in [-0.4, -0.2) is 4.69 Å². The van der Waals surface area contributed by atoms with E-state index in [0.29, 0.717) is 0 Å². The molecule has 12 heavy (non-hydrogen) atoms. The summed E-state index contributed by atoms with van der Waals surface area (Å²) in [6, 6.07) is 5.78. The minimum Gasteiger partial charge on any atom is -0.281 e. The first-order valence-corrected chi connectivity index (χ1v) is 5.42. The van der Waals surface area contributed by atoms with E-state index in [4.69, 9.17) is 0 Å². The first-order valence-electron chi connectivity index (χ1n) is 3.50. The molecule has 1 rings (SSSR count). The molecule has 1 nitrogen and oxygen atoms in total. The van der Waals surface area contributed by atoms with E-state index in [2.05, 4.69) is 31.9 Å². The monoisotopic (exact) mass is 290 g/mol. The van der Waals surface area contributed by atoms with Gasteiger partial charge in [0, 0.05) is 10.9 Å². The van der Waals surface area contributed by atoms with Crippen molar-refractivity contribution in [1.29, 1.82) is 0 Å². The van der Waals surface area contributed by atoms with Gasteiger partial charge in [0.15, 0.2) is 0 Å². The van der Waals surface area contributed by atoms with Crippen molar-refractivity contribution in [3.8, 4) is 0 Å². The Balaban J connectivity index is 3.12. The maximum absolute atomic E-state index is 11.0. The summed E-state index contributed by atoms with van der Waals surface area (Å²) in [6.45, 7) is 1.93. The average Bonchev–Trinajstić information content (AvgIpc) is 2.03. The molecule has 0 amide bonds. The fraction of sp³-hybridized carbons (Fsp3) is 0.222. The van der Waals surface area contributed by atoms with E-state index in [0.717, 1.165) is 16.5 Å². The molecule has 3 heteroatoms. The molecule has 0 radical (unpaired) electrons.